The summed E-state index contributed by atoms with van der Waals surface area (Å²) >= 11 is 2.12. The molecule has 16 heavy (non-hydrogen) atoms. The zero-order chi connectivity index (χ0) is 11.4. The zero-order valence-electron chi connectivity index (χ0n) is 10.0. The monoisotopic (exact) mass is 236 g/mol. The summed E-state index contributed by atoms with van der Waals surface area (Å²) in [5.74, 6) is 2.05. The molecule has 1 fully saturated rings. The second kappa shape index (κ2) is 5.69. The minimum Gasteiger partial charge on any atom is -0.309 e. The van der Waals surface area contributed by atoms with Crippen molar-refractivity contribution in [2.75, 3.05) is 5.75 Å². The average Bonchev–Trinajstić information content (AvgIpc) is 2.76. The van der Waals surface area contributed by atoms with Crippen LogP contribution in [-0.4, -0.2) is 22.0 Å². The molecule has 0 spiro atoms. The molecule has 1 saturated heterocycles. The molecule has 2 heterocycles. The molecule has 0 bridgehead atoms. The third kappa shape index (κ3) is 3.22. The van der Waals surface area contributed by atoms with Gasteiger partial charge in [0.1, 0.15) is 0 Å². The predicted molar refractivity (Wildman–Crippen MR) is 70.6 cm³/mol. The van der Waals surface area contributed by atoms with Gasteiger partial charge in [-0.3, -0.25) is 4.98 Å². The third-order valence-electron chi connectivity index (χ3n) is 3.09. The van der Waals surface area contributed by atoms with Gasteiger partial charge in [0.05, 0.1) is 0 Å². The first-order valence-electron chi connectivity index (χ1n) is 5.99. The topological polar surface area (TPSA) is 24.9 Å². The van der Waals surface area contributed by atoms with E-state index in [2.05, 4.69) is 42.0 Å². The van der Waals surface area contributed by atoms with Gasteiger partial charge in [-0.1, -0.05) is 19.9 Å². The zero-order valence-corrected chi connectivity index (χ0v) is 10.8. The molecule has 2 atom stereocenters. The van der Waals surface area contributed by atoms with Gasteiger partial charge in [-0.15, -0.1) is 0 Å². The first kappa shape index (κ1) is 11.9. The minimum atomic E-state index is 0.678. The molecule has 0 aromatic carbocycles. The molecule has 0 amide bonds. The highest BCUT2D eigenvalue weighted by Crippen LogP contribution is 2.32. The number of hydrogen-bond donors (Lipinski definition) is 1. The Kier molecular flexibility index (Phi) is 4.24. The van der Waals surface area contributed by atoms with Crippen LogP contribution in [0.1, 0.15) is 25.8 Å². The molecule has 2 rings (SSSR count). The highest BCUT2D eigenvalue weighted by molar-refractivity contribution is 8.00. The van der Waals surface area contributed by atoms with Gasteiger partial charge in [0.2, 0.25) is 0 Å². The number of aromatic nitrogens is 1. The number of hydrogen-bond acceptors (Lipinski definition) is 3. The Morgan fingerprint density at radius 2 is 2.44 bits per heavy atom. The van der Waals surface area contributed by atoms with Gasteiger partial charge in [-0.2, -0.15) is 11.8 Å². The van der Waals surface area contributed by atoms with E-state index in [1.165, 1.54) is 17.7 Å². The summed E-state index contributed by atoms with van der Waals surface area (Å²) in [4.78, 5) is 4.13. The summed E-state index contributed by atoms with van der Waals surface area (Å²) in [6, 6.07) is 4.80. The van der Waals surface area contributed by atoms with E-state index < -0.39 is 0 Å². The molecule has 1 aliphatic heterocycles. The maximum Gasteiger partial charge on any atom is 0.0312 e. The van der Waals surface area contributed by atoms with Crippen molar-refractivity contribution >= 4 is 11.8 Å². The Balaban J connectivity index is 1.76. The molecule has 1 aromatic heterocycles. The first-order valence-corrected chi connectivity index (χ1v) is 7.04. The normalized spacial score (nSPS) is 25.2. The van der Waals surface area contributed by atoms with Crippen molar-refractivity contribution in [3.63, 3.8) is 0 Å². The maximum atomic E-state index is 4.13. The van der Waals surface area contributed by atoms with Crippen molar-refractivity contribution in [2.45, 2.75) is 38.1 Å². The molecule has 88 valence electrons. The van der Waals surface area contributed by atoms with Crippen LogP contribution < -0.4 is 5.32 Å². The van der Waals surface area contributed by atoms with Crippen LogP contribution in [0.3, 0.4) is 0 Å². The minimum absolute atomic E-state index is 0.678. The van der Waals surface area contributed by atoms with Gasteiger partial charge in [-0.05, 0) is 24.0 Å². The fourth-order valence-electron chi connectivity index (χ4n) is 2.03. The van der Waals surface area contributed by atoms with Crippen LogP contribution in [0.4, 0.5) is 0 Å². The van der Waals surface area contributed by atoms with Gasteiger partial charge in [0.25, 0.3) is 0 Å². The Hall–Kier alpha value is -0.540. The van der Waals surface area contributed by atoms with E-state index in [0.717, 1.165) is 17.7 Å². The average molecular weight is 236 g/mol. The number of thioether (sulfide) groups is 1. The van der Waals surface area contributed by atoms with Crippen LogP contribution in [0.15, 0.2) is 24.5 Å². The summed E-state index contributed by atoms with van der Waals surface area (Å²) in [6.45, 7) is 5.59. The lowest BCUT2D eigenvalue weighted by Crippen LogP contribution is -2.29. The van der Waals surface area contributed by atoms with Crippen LogP contribution in [0.5, 0.6) is 0 Å². The van der Waals surface area contributed by atoms with Gasteiger partial charge >= 0.3 is 0 Å². The SMILES string of the molecule is CC(C)C1CC(NCc2cccnc2)CS1. The van der Waals surface area contributed by atoms with Gasteiger partial charge in [0.15, 0.2) is 0 Å². The molecular formula is C13H20N2S. The van der Waals surface area contributed by atoms with Gasteiger partial charge < -0.3 is 5.32 Å². The second-order valence-electron chi connectivity index (χ2n) is 4.79. The largest absolute Gasteiger partial charge is 0.309 e. The molecule has 2 nitrogen and oxygen atoms in total. The first-order chi connectivity index (χ1) is 7.75. The third-order valence-corrected chi connectivity index (χ3v) is 4.85. The quantitative estimate of drug-likeness (QED) is 0.870. The fourth-order valence-corrected chi connectivity index (χ4v) is 3.51. The lowest BCUT2D eigenvalue weighted by molar-refractivity contribution is 0.488. The van der Waals surface area contributed by atoms with E-state index >= 15 is 0 Å². The molecule has 0 radical (unpaired) electrons. The summed E-state index contributed by atoms with van der Waals surface area (Å²) in [5, 5.41) is 4.46. The summed E-state index contributed by atoms with van der Waals surface area (Å²) in [6.07, 6.45) is 5.07. The number of nitrogens with zero attached hydrogens (tertiary/aromatic N) is 1. The van der Waals surface area contributed by atoms with E-state index in [-0.39, 0.29) is 0 Å². The molecule has 0 aliphatic carbocycles. The standard InChI is InChI=1S/C13H20N2S/c1-10(2)13-6-12(9-16-13)15-8-11-4-3-5-14-7-11/h3-5,7,10,12-13,15H,6,8-9H2,1-2H3. The van der Waals surface area contributed by atoms with E-state index in [1.807, 2.05) is 18.5 Å². The lowest BCUT2D eigenvalue weighted by atomic mass is 10.0. The van der Waals surface area contributed by atoms with Crippen LogP contribution in [0.2, 0.25) is 0 Å². The van der Waals surface area contributed by atoms with Crippen LogP contribution in [0.25, 0.3) is 0 Å². The molecule has 3 heteroatoms. The molecule has 1 N–H and O–H groups in total. The maximum absolute atomic E-state index is 4.13. The highest BCUT2D eigenvalue weighted by Gasteiger charge is 2.26. The summed E-state index contributed by atoms with van der Waals surface area (Å²) < 4.78 is 0. The van der Waals surface area contributed by atoms with Crippen LogP contribution in [0, 0.1) is 5.92 Å². The smallest absolute Gasteiger partial charge is 0.0312 e. The van der Waals surface area contributed by atoms with E-state index in [1.54, 1.807) is 0 Å². The van der Waals surface area contributed by atoms with E-state index in [0.29, 0.717) is 6.04 Å². The molecule has 0 saturated carbocycles. The lowest BCUT2D eigenvalue weighted by Gasteiger charge is -2.14. The van der Waals surface area contributed by atoms with Crippen molar-refractivity contribution < 1.29 is 0 Å². The highest BCUT2D eigenvalue weighted by atomic mass is 32.2. The van der Waals surface area contributed by atoms with Crippen LogP contribution in [-0.2, 0) is 6.54 Å². The Morgan fingerprint density at radius 3 is 3.06 bits per heavy atom. The number of nitrogens with one attached hydrogen (secondary N) is 1. The van der Waals surface area contributed by atoms with Crippen molar-refractivity contribution in [3.8, 4) is 0 Å². The predicted octanol–water partition coefficient (Wildman–Crippen LogP) is 2.70. The van der Waals surface area contributed by atoms with Crippen molar-refractivity contribution in [1.82, 2.24) is 10.3 Å². The number of pyridine rings is 1. The van der Waals surface area contributed by atoms with E-state index in [9.17, 15) is 0 Å². The molecule has 1 aliphatic rings. The van der Waals surface area contributed by atoms with Gasteiger partial charge in [-0.25, -0.2) is 0 Å². The van der Waals surface area contributed by atoms with Gasteiger partial charge in [0, 0.05) is 36.0 Å². The van der Waals surface area contributed by atoms with Crippen molar-refractivity contribution in [2.24, 2.45) is 5.92 Å². The number of rotatable bonds is 4. The molecule has 1 aromatic rings. The fraction of sp³-hybridized carbons (Fsp3) is 0.615. The van der Waals surface area contributed by atoms with Crippen molar-refractivity contribution in [1.29, 1.82) is 0 Å². The second-order valence-corrected chi connectivity index (χ2v) is 6.06. The van der Waals surface area contributed by atoms with E-state index in [4.69, 9.17) is 0 Å². The van der Waals surface area contributed by atoms with Crippen LogP contribution >= 0.6 is 11.8 Å². The Bertz CT molecular complexity index is 313. The van der Waals surface area contributed by atoms with Crippen molar-refractivity contribution in [3.05, 3.63) is 30.1 Å². The Morgan fingerprint density at radius 1 is 1.56 bits per heavy atom. The summed E-state index contributed by atoms with van der Waals surface area (Å²) in [5.41, 5.74) is 1.28. The molecule has 2 unspecified atom stereocenters. The summed E-state index contributed by atoms with van der Waals surface area (Å²) in [7, 11) is 0. The molecular weight excluding hydrogens is 216 g/mol. The Labute approximate surface area is 102 Å².